The van der Waals surface area contributed by atoms with Crippen LogP contribution < -0.4 is 10.9 Å². The third kappa shape index (κ3) is 3.98. The zero-order valence-corrected chi connectivity index (χ0v) is 11.5. The Morgan fingerprint density at radius 1 is 1.71 bits per heavy atom. The van der Waals surface area contributed by atoms with E-state index >= 15 is 0 Å². The molecule has 94 valence electrons. The number of hydrogen-bond donors (Lipinski definition) is 2. The number of hydrogen-bond acceptors (Lipinski definition) is 4. The minimum atomic E-state index is -0.852. The van der Waals surface area contributed by atoms with E-state index in [9.17, 15) is 9.90 Å². The van der Waals surface area contributed by atoms with Crippen molar-refractivity contribution in [1.82, 2.24) is 9.78 Å². The van der Waals surface area contributed by atoms with E-state index < -0.39 is 5.60 Å². The number of aliphatic hydroxyl groups is 1. The van der Waals surface area contributed by atoms with Crippen LogP contribution >= 0.6 is 15.9 Å². The molecule has 1 rings (SSSR count). The molecule has 0 aliphatic carbocycles. The molecule has 0 unspecified atom stereocenters. The highest BCUT2D eigenvalue weighted by Crippen LogP contribution is 2.17. The average molecular weight is 302 g/mol. The molecular weight excluding hydrogens is 286 g/mol. The van der Waals surface area contributed by atoms with E-state index in [1.807, 2.05) is 0 Å². The molecule has 0 spiro atoms. The van der Waals surface area contributed by atoms with Crippen molar-refractivity contribution in [2.45, 2.75) is 26.0 Å². The van der Waals surface area contributed by atoms with Crippen LogP contribution in [0.4, 0.5) is 5.69 Å². The second-order valence-corrected chi connectivity index (χ2v) is 5.11. The number of allylic oxidation sites excluding steroid dienone is 1. The van der Waals surface area contributed by atoms with E-state index in [-0.39, 0.29) is 5.56 Å². The van der Waals surface area contributed by atoms with Crippen molar-refractivity contribution in [2.75, 3.05) is 11.9 Å². The Hall–Kier alpha value is -1.14. The molecule has 1 aromatic heterocycles. The normalized spacial score (nSPS) is 11.3. The van der Waals surface area contributed by atoms with Crippen LogP contribution in [-0.2, 0) is 6.54 Å². The molecule has 0 amide bonds. The Labute approximate surface area is 108 Å². The lowest BCUT2D eigenvalue weighted by Crippen LogP contribution is -2.31. The fraction of sp³-hybridized carbons (Fsp3) is 0.455. The number of anilines is 1. The summed E-state index contributed by atoms with van der Waals surface area (Å²) in [7, 11) is 0. The highest BCUT2D eigenvalue weighted by Gasteiger charge is 2.14. The summed E-state index contributed by atoms with van der Waals surface area (Å²) in [6.45, 7) is 7.61. The van der Waals surface area contributed by atoms with Crippen LogP contribution in [0.25, 0.3) is 0 Å². The average Bonchev–Trinajstić information content (AvgIpc) is 2.23. The van der Waals surface area contributed by atoms with E-state index in [1.165, 1.54) is 4.68 Å². The number of rotatable bonds is 5. The number of nitrogens with one attached hydrogen (secondary N) is 1. The molecule has 1 aromatic rings. The molecule has 0 aliphatic heterocycles. The lowest BCUT2D eigenvalue weighted by molar-refractivity contribution is 0.0945. The summed E-state index contributed by atoms with van der Waals surface area (Å²) in [5.41, 5.74) is -0.516. The first kappa shape index (κ1) is 13.9. The molecule has 0 radical (unpaired) electrons. The standard InChI is InChI=1S/C11H16BrN3O2/c1-4-5-15-10(16)9(12)8(6-14-15)13-7-11(2,3)17/h4,6,13,17H,1,5,7H2,2-3H3. The van der Waals surface area contributed by atoms with Gasteiger partial charge in [-0.25, -0.2) is 4.68 Å². The second kappa shape index (κ2) is 5.46. The molecule has 0 saturated heterocycles. The lowest BCUT2D eigenvalue weighted by Gasteiger charge is -2.19. The van der Waals surface area contributed by atoms with Crippen molar-refractivity contribution in [2.24, 2.45) is 0 Å². The van der Waals surface area contributed by atoms with E-state index in [1.54, 1.807) is 26.1 Å². The summed E-state index contributed by atoms with van der Waals surface area (Å²) in [4.78, 5) is 11.8. The molecule has 0 aliphatic rings. The first-order valence-electron chi connectivity index (χ1n) is 5.18. The number of aromatic nitrogens is 2. The molecule has 0 atom stereocenters. The Kier molecular flexibility index (Phi) is 4.47. The van der Waals surface area contributed by atoms with E-state index in [4.69, 9.17) is 0 Å². The van der Waals surface area contributed by atoms with Gasteiger partial charge in [0.05, 0.1) is 24.0 Å². The number of nitrogens with zero attached hydrogens (tertiary/aromatic N) is 2. The van der Waals surface area contributed by atoms with Crippen molar-refractivity contribution in [3.8, 4) is 0 Å². The molecule has 17 heavy (non-hydrogen) atoms. The van der Waals surface area contributed by atoms with Gasteiger partial charge in [0.1, 0.15) is 4.47 Å². The maximum absolute atomic E-state index is 11.8. The predicted octanol–water partition coefficient (Wildman–Crippen LogP) is 1.37. The minimum Gasteiger partial charge on any atom is -0.389 e. The molecule has 0 aromatic carbocycles. The summed E-state index contributed by atoms with van der Waals surface area (Å²) in [6, 6.07) is 0. The lowest BCUT2D eigenvalue weighted by atomic mass is 10.1. The van der Waals surface area contributed by atoms with Crippen LogP contribution in [0.3, 0.4) is 0 Å². The van der Waals surface area contributed by atoms with Gasteiger partial charge >= 0.3 is 0 Å². The van der Waals surface area contributed by atoms with Crippen molar-refractivity contribution in [1.29, 1.82) is 0 Å². The van der Waals surface area contributed by atoms with E-state index in [0.717, 1.165) is 0 Å². The van der Waals surface area contributed by atoms with Gasteiger partial charge < -0.3 is 10.4 Å². The van der Waals surface area contributed by atoms with Crippen LogP contribution in [0.15, 0.2) is 28.1 Å². The van der Waals surface area contributed by atoms with Gasteiger partial charge in [0.15, 0.2) is 0 Å². The molecule has 0 saturated carbocycles. The Balaban J connectivity index is 2.93. The third-order valence-corrected chi connectivity index (χ3v) is 2.76. The van der Waals surface area contributed by atoms with Crippen LogP contribution in [0.1, 0.15) is 13.8 Å². The SMILES string of the molecule is C=CCn1ncc(NCC(C)(C)O)c(Br)c1=O. The first-order chi connectivity index (χ1) is 7.85. The molecule has 5 nitrogen and oxygen atoms in total. The maximum Gasteiger partial charge on any atom is 0.283 e. The first-order valence-corrected chi connectivity index (χ1v) is 5.97. The second-order valence-electron chi connectivity index (χ2n) is 4.31. The smallest absolute Gasteiger partial charge is 0.283 e. The van der Waals surface area contributed by atoms with Crippen molar-refractivity contribution in [3.63, 3.8) is 0 Å². The van der Waals surface area contributed by atoms with Crippen molar-refractivity contribution < 1.29 is 5.11 Å². The Morgan fingerprint density at radius 3 is 2.88 bits per heavy atom. The molecular formula is C11H16BrN3O2. The molecule has 6 heteroatoms. The van der Waals surface area contributed by atoms with E-state index in [2.05, 4.69) is 32.9 Å². The van der Waals surface area contributed by atoms with Gasteiger partial charge in [0.25, 0.3) is 5.56 Å². The van der Waals surface area contributed by atoms with Gasteiger partial charge in [-0.1, -0.05) is 6.08 Å². The van der Waals surface area contributed by atoms with Gasteiger partial charge in [-0.15, -0.1) is 6.58 Å². The summed E-state index contributed by atoms with van der Waals surface area (Å²) in [5, 5.41) is 16.5. The summed E-state index contributed by atoms with van der Waals surface area (Å²) in [5.74, 6) is 0. The molecule has 0 fully saturated rings. The van der Waals surface area contributed by atoms with Crippen molar-refractivity contribution >= 4 is 21.6 Å². The van der Waals surface area contributed by atoms with Crippen LogP contribution in [0.2, 0.25) is 0 Å². The summed E-state index contributed by atoms with van der Waals surface area (Å²) < 4.78 is 1.70. The van der Waals surface area contributed by atoms with Gasteiger partial charge in [-0.3, -0.25) is 4.79 Å². The summed E-state index contributed by atoms with van der Waals surface area (Å²) in [6.07, 6.45) is 3.14. The zero-order valence-electron chi connectivity index (χ0n) is 9.90. The number of halogens is 1. The van der Waals surface area contributed by atoms with E-state index in [0.29, 0.717) is 23.2 Å². The Morgan fingerprint density at radius 2 is 2.35 bits per heavy atom. The minimum absolute atomic E-state index is 0.231. The highest BCUT2D eigenvalue weighted by atomic mass is 79.9. The molecule has 0 bridgehead atoms. The molecule has 1 heterocycles. The van der Waals surface area contributed by atoms with Gasteiger partial charge in [-0.2, -0.15) is 5.10 Å². The Bertz CT molecular complexity index is 463. The highest BCUT2D eigenvalue weighted by molar-refractivity contribution is 9.10. The topological polar surface area (TPSA) is 67.2 Å². The predicted molar refractivity (Wildman–Crippen MR) is 71.2 cm³/mol. The molecule has 2 N–H and O–H groups in total. The summed E-state index contributed by atoms with van der Waals surface area (Å²) >= 11 is 3.22. The van der Waals surface area contributed by atoms with Crippen LogP contribution in [-0.4, -0.2) is 27.0 Å². The van der Waals surface area contributed by atoms with Crippen molar-refractivity contribution in [3.05, 3.63) is 33.7 Å². The fourth-order valence-electron chi connectivity index (χ4n) is 1.15. The van der Waals surface area contributed by atoms with Crippen LogP contribution in [0.5, 0.6) is 0 Å². The van der Waals surface area contributed by atoms with Crippen LogP contribution in [0, 0.1) is 0 Å². The maximum atomic E-state index is 11.8. The zero-order chi connectivity index (χ0) is 13.1. The van der Waals surface area contributed by atoms with Gasteiger partial charge in [-0.05, 0) is 29.8 Å². The quantitative estimate of drug-likeness (QED) is 0.806. The monoisotopic (exact) mass is 301 g/mol. The van der Waals surface area contributed by atoms with Gasteiger partial charge in [0, 0.05) is 6.54 Å². The fourth-order valence-corrected chi connectivity index (χ4v) is 1.60. The van der Waals surface area contributed by atoms with Gasteiger partial charge in [0.2, 0.25) is 0 Å². The largest absolute Gasteiger partial charge is 0.389 e. The third-order valence-electron chi connectivity index (χ3n) is 2.00.